The van der Waals surface area contributed by atoms with Crippen LogP contribution in [-0.4, -0.2) is 31.7 Å². The van der Waals surface area contributed by atoms with E-state index in [1.165, 1.54) is 0 Å². The molecular formula is C26H27NO6. The van der Waals surface area contributed by atoms with Gasteiger partial charge in [0.1, 0.15) is 0 Å². The van der Waals surface area contributed by atoms with Crippen LogP contribution in [-0.2, 0) is 9.59 Å². The standard InChI is InChI=1S/C26H27NO6/c1-14(2)33-22-7-4-15(10-23(22)30-3)17-8-19-26(20(28)9-17)18(12-25(29)27-19)16-5-6-21-24(11-16)32-13-31-21/h4-7,10-11,14,17-18H,8-9,12-13H2,1-3H3,(H,27,29)/t17-,18-/m1/s1. The van der Waals surface area contributed by atoms with E-state index in [0.29, 0.717) is 41.4 Å². The average molecular weight is 450 g/mol. The number of methoxy groups -OCH3 is 1. The fourth-order valence-corrected chi connectivity index (χ4v) is 4.90. The molecule has 2 aliphatic heterocycles. The highest BCUT2D eigenvalue weighted by atomic mass is 16.7. The number of fused-ring (bicyclic) bond motifs is 1. The van der Waals surface area contributed by atoms with Crippen molar-refractivity contribution in [3.05, 3.63) is 58.8 Å². The van der Waals surface area contributed by atoms with E-state index in [1.807, 2.05) is 50.2 Å². The Hall–Kier alpha value is -3.48. The van der Waals surface area contributed by atoms with E-state index in [1.54, 1.807) is 7.11 Å². The van der Waals surface area contributed by atoms with Crippen LogP contribution in [0, 0.1) is 0 Å². The van der Waals surface area contributed by atoms with E-state index >= 15 is 0 Å². The van der Waals surface area contributed by atoms with Gasteiger partial charge >= 0.3 is 0 Å². The molecule has 33 heavy (non-hydrogen) atoms. The number of ketones is 1. The largest absolute Gasteiger partial charge is 0.493 e. The number of ether oxygens (including phenoxy) is 4. The Balaban J connectivity index is 1.46. The van der Waals surface area contributed by atoms with Gasteiger partial charge < -0.3 is 24.3 Å². The summed E-state index contributed by atoms with van der Waals surface area (Å²) in [6.45, 7) is 4.11. The number of hydrogen-bond donors (Lipinski definition) is 1. The molecule has 2 heterocycles. The van der Waals surface area contributed by atoms with Gasteiger partial charge in [-0.3, -0.25) is 9.59 Å². The van der Waals surface area contributed by atoms with Crippen LogP contribution in [0.2, 0.25) is 0 Å². The summed E-state index contributed by atoms with van der Waals surface area (Å²) < 4.78 is 22.2. The number of carbonyl (C=O) groups excluding carboxylic acids is 2. The van der Waals surface area contributed by atoms with Gasteiger partial charge in [-0.05, 0) is 61.6 Å². The average Bonchev–Trinajstić information content (AvgIpc) is 3.26. The number of benzene rings is 2. The SMILES string of the molecule is COc1cc([C@H]2CC(=O)C3=C(C2)NC(=O)C[C@@H]3c2ccc3c(c2)OCO3)ccc1OC(C)C. The van der Waals surface area contributed by atoms with Gasteiger partial charge in [0, 0.05) is 30.0 Å². The van der Waals surface area contributed by atoms with E-state index in [0.717, 1.165) is 16.8 Å². The van der Waals surface area contributed by atoms with Crippen molar-refractivity contribution in [1.29, 1.82) is 0 Å². The first-order chi connectivity index (χ1) is 15.9. The maximum absolute atomic E-state index is 13.4. The smallest absolute Gasteiger partial charge is 0.231 e. The molecule has 0 radical (unpaired) electrons. The molecule has 1 aliphatic carbocycles. The predicted molar refractivity (Wildman–Crippen MR) is 121 cm³/mol. The molecule has 1 N–H and O–H groups in total. The van der Waals surface area contributed by atoms with Crippen molar-refractivity contribution in [3.63, 3.8) is 0 Å². The molecule has 0 bridgehead atoms. The molecule has 2 aromatic carbocycles. The molecule has 2 atom stereocenters. The molecule has 0 saturated carbocycles. The summed E-state index contributed by atoms with van der Waals surface area (Å²) in [6.07, 6.45) is 1.23. The van der Waals surface area contributed by atoms with Gasteiger partial charge in [0.25, 0.3) is 0 Å². The highest BCUT2D eigenvalue weighted by Gasteiger charge is 2.38. The molecule has 7 heteroatoms. The number of amides is 1. The minimum Gasteiger partial charge on any atom is -0.493 e. The monoisotopic (exact) mass is 449 g/mol. The number of nitrogens with one attached hydrogen (secondary N) is 1. The fraction of sp³-hybridized carbons (Fsp3) is 0.385. The first kappa shape index (κ1) is 21.4. The lowest BCUT2D eigenvalue weighted by Crippen LogP contribution is -2.38. The first-order valence-corrected chi connectivity index (χ1v) is 11.2. The van der Waals surface area contributed by atoms with Crippen molar-refractivity contribution >= 4 is 11.7 Å². The van der Waals surface area contributed by atoms with Gasteiger partial charge in [0.2, 0.25) is 12.7 Å². The van der Waals surface area contributed by atoms with Gasteiger partial charge in [-0.2, -0.15) is 0 Å². The first-order valence-electron chi connectivity index (χ1n) is 11.2. The van der Waals surface area contributed by atoms with E-state index < -0.39 is 0 Å². The van der Waals surface area contributed by atoms with Crippen molar-refractivity contribution < 1.29 is 28.5 Å². The maximum atomic E-state index is 13.4. The Labute approximate surface area is 192 Å². The van der Waals surface area contributed by atoms with E-state index in [2.05, 4.69) is 5.32 Å². The quantitative estimate of drug-likeness (QED) is 0.736. The fourth-order valence-electron chi connectivity index (χ4n) is 4.90. The molecular weight excluding hydrogens is 422 g/mol. The lowest BCUT2D eigenvalue weighted by atomic mass is 9.73. The van der Waals surface area contributed by atoms with Crippen molar-refractivity contribution in [2.24, 2.45) is 0 Å². The number of rotatable bonds is 5. The molecule has 0 fully saturated rings. The van der Waals surface area contributed by atoms with Gasteiger partial charge in [0.05, 0.1) is 13.2 Å². The molecule has 7 nitrogen and oxygen atoms in total. The van der Waals surface area contributed by atoms with Crippen LogP contribution in [0.4, 0.5) is 0 Å². The Kier molecular flexibility index (Phi) is 5.48. The van der Waals surface area contributed by atoms with Crippen LogP contribution in [0.3, 0.4) is 0 Å². The summed E-state index contributed by atoms with van der Waals surface area (Å²) in [5, 5.41) is 2.97. The van der Waals surface area contributed by atoms with Crippen LogP contribution < -0.4 is 24.3 Å². The van der Waals surface area contributed by atoms with Crippen LogP contribution in [0.5, 0.6) is 23.0 Å². The van der Waals surface area contributed by atoms with Crippen LogP contribution >= 0.6 is 0 Å². The number of hydrogen-bond acceptors (Lipinski definition) is 6. The van der Waals surface area contributed by atoms with E-state index in [-0.39, 0.29) is 42.8 Å². The third kappa shape index (κ3) is 4.03. The van der Waals surface area contributed by atoms with Gasteiger partial charge in [-0.1, -0.05) is 12.1 Å². The van der Waals surface area contributed by atoms with Crippen molar-refractivity contribution in [1.82, 2.24) is 5.32 Å². The highest BCUT2D eigenvalue weighted by Crippen LogP contribution is 2.45. The summed E-state index contributed by atoms with van der Waals surface area (Å²) in [6, 6.07) is 11.4. The number of Topliss-reactive ketones (excluding diaryl/α,β-unsaturated/α-hetero) is 1. The third-order valence-electron chi connectivity index (χ3n) is 6.36. The summed E-state index contributed by atoms with van der Waals surface area (Å²) in [4.78, 5) is 26.0. The normalized spacial score (nSPS) is 21.7. The molecule has 2 aromatic rings. The predicted octanol–water partition coefficient (Wildman–Crippen LogP) is 4.22. The van der Waals surface area contributed by atoms with Gasteiger partial charge in [-0.25, -0.2) is 0 Å². The Morgan fingerprint density at radius 3 is 2.52 bits per heavy atom. The zero-order valence-corrected chi connectivity index (χ0v) is 19.0. The summed E-state index contributed by atoms with van der Waals surface area (Å²) in [7, 11) is 1.61. The summed E-state index contributed by atoms with van der Waals surface area (Å²) >= 11 is 0. The van der Waals surface area contributed by atoms with E-state index in [4.69, 9.17) is 18.9 Å². The van der Waals surface area contributed by atoms with Crippen LogP contribution in [0.1, 0.15) is 56.1 Å². The molecule has 5 rings (SSSR count). The maximum Gasteiger partial charge on any atom is 0.231 e. The van der Waals surface area contributed by atoms with Gasteiger partial charge in [-0.15, -0.1) is 0 Å². The molecule has 3 aliphatic rings. The Bertz CT molecular complexity index is 1150. The second-order valence-corrected chi connectivity index (χ2v) is 8.92. The van der Waals surface area contributed by atoms with Gasteiger partial charge in [0.15, 0.2) is 28.8 Å². The van der Waals surface area contributed by atoms with Crippen LogP contribution in [0.25, 0.3) is 0 Å². The summed E-state index contributed by atoms with van der Waals surface area (Å²) in [5.74, 6) is 2.29. The topological polar surface area (TPSA) is 83.1 Å². The van der Waals surface area contributed by atoms with Crippen molar-refractivity contribution in [2.75, 3.05) is 13.9 Å². The Morgan fingerprint density at radius 2 is 1.73 bits per heavy atom. The minimum absolute atomic E-state index is 0.0271. The minimum atomic E-state index is -0.284. The second-order valence-electron chi connectivity index (χ2n) is 8.92. The molecule has 0 spiro atoms. The molecule has 0 unspecified atom stereocenters. The molecule has 0 aromatic heterocycles. The lowest BCUT2D eigenvalue weighted by Gasteiger charge is -2.34. The van der Waals surface area contributed by atoms with Crippen molar-refractivity contribution in [2.45, 2.75) is 51.0 Å². The van der Waals surface area contributed by atoms with Crippen molar-refractivity contribution in [3.8, 4) is 23.0 Å². The number of carbonyl (C=O) groups is 2. The third-order valence-corrected chi connectivity index (χ3v) is 6.36. The number of allylic oxidation sites excluding steroid dienone is 2. The molecule has 1 amide bonds. The van der Waals surface area contributed by atoms with Crippen LogP contribution in [0.15, 0.2) is 47.7 Å². The zero-order chi connectivity index (χ0) is 23.1. The second kappa shape index (κ2) is 8.46. The molecule has 172 valence electrons. The molecule has 0 saturated heterocycles. The Morgan fingerprint density at radius 1 is 0.939 bits per heavy atom. The van der Waals surface area contributed by atoms with E-state index in [9.17, 15) is 9.59 Å². The summed E-state index contributed by atoms with van der Waals surface area (Å²) in [5.41, 5.74) is 3.31. The highest BCUT2D eigenvalue weighted by molar-refractivity contribution is 6.02. The zero-order valence-electron chi connectivity index (χ0n) is 19.0. The lowest BCUT2D eigenvalue weighted by molar-refractivity contribution is -0.122.